The van der Waals surface area contributed by atoms with Gasteiger partial charge in [-0.3, -0.25) is 10.1 Å². The zero-order valence-electron chi connectivity index (χ0n) is 8.28. The summed E-state index contributed by atoms with van der Waals surface area (Å²) in [5, 5.41) is 10.3. The van der Waals surface area contributed by atoms with Crippen LogP contribution >= 0.6 is 0 Å². The van der Waals surface area contributed by atoms with Crippen molar-refractivity contribution in [1.82, 2.24) is 0 Å². The van der Waals surface area contributed by atoms with Crippen molar-refractivity contribution in [2.75, 3.05) is 0 Å². The maximum Gasteiger partial charge on any atom is 0.573 e. The van der Waals surface area contributed by atoms with E-state index in [-0.39, 0.29) is 0 Å². The zero-order chi connectivity index (χ0) is 13.9. The molecule has 0 fully saturated rings. The third-order valence-corrected chi connectivity index (χ3v) is 1.58. The van der Waals surface area contributed by atoms with Crippen LogP contribution in [-0.4, -0.2) is 17.9 Å². The number of ether oxygens (including phenoxy) is 2. The van der Waals surface area contributed by atoms with Gasteiger partial charge in [-0.2, -0.15) is 8.78 Å². The quantitative estimate of drug-likeness (QED) is 0.480. The summed E-state index contributed by atoms with van der Waals surface area (Å²) in [7, 11) is 0. The molecule has 1 rings (SSSR count). The van der Waals surface area contributed by atoms with Crippen LogP contribution in [0.2, 0.25) is 0 Å². The van der Waals surface area contributed by atoms with E-state index in [9.17, 15) is 32.1 Å². The first-order chi connectivity index (χ1) is 8.19. The SMILES string of the molecule is O=[N+]([O-])c1ccc(OC(F)(F)F)c(OC(F)F)c1. The van der Waals surface area contributed by atoms with Crippen LogP contribution in [0.5, 0.6) is 11.5 Å². The number of halogens is 5. The van der Waals surface area contributed by atoms with Crippen molar-refractivity contribution in [2.45, 2.75) is 13.0 Å². The average Bonchev–Trinajstić information content (AvgIpc) is 2.17. The predicted octanol–water partition coefficient (Wildman–Crippen LogP) is 3.09. The van der Waals surface area contributed by atoms with E-state index in [2.05, 4.69) is 9.47 Å². The van der Waals surface area contributed by atoms with Gasteiger partial charge in [0.1, 0.15) is 0 Å². The number of rotatable bonds is 4. The summed E-state index contributed by atoms with van der Waals surface area (Å²) in [6.07, 6.45) is -5.13. The van der Waals surface area contributed by atoms with Crippen LogP contribution in [0.1, 0.15) is 0 Å². The normalized spacial score (nSPS) is 11.4. The second kappa shape index (κ2) is 5.02. The highest BCUT2D eigenvalue weighted by molar-refractivity contribution is 5.48. The molecule has 0 aliphatic carbocycles. The van der Waals surface area contributed by atoms with E-state index >= 15 is 0 Å². The van der Waals surface area contributed by atoms with E-state index in [0.29, 0.717) is 18.2 Å². The number of benzene rings is 1. The third-order valence-electron chi connectivity index (χ3n) is 1.58. The number of nitrogens with zero attached hydrogens (tertiary/aromatic N) is 1. The van der Waals surface area contributed by atoms with Crippen molar-refractivity contribution in [3.63, 3.8) is 0 Å². The summed E-state index contributed by atoms with van der Waals surface area (Å²) in [4.78, 5) is 9.36. The Kier molecular flexibility index (Phi) is 3.89. The Hall–Kier alpha value is -2.13. The van der Waals surface area contributed by atoms with Gasteiger partial charge < -0.3 is 9.47 Å². The molecule has 0 unspecified atom stereocenters. The predicted molar refractivity (Wildman–Crippen MR) is 46.4 cm³/mol. The number of hydrogen-bond donors (Lipinski definition) is 0. The molecule has 0 atom stereocenters. The first-order valence-electron chi connectivity index (χ1n) is 4.18. The zero-order valence-corrected chi connectivity index (χ0v) is 8.28. The smallest absolute Gasteiger partial charge is 0.431 e. The van der Waals surface area contributed by atoms with Gasteiger partial charge in [-0.1, -0.05) is 0 Å². The fourth-order valence-corrected chi connectivity index (χ4v) is 1.01. The second-order valence-electron chi connectivity index (χ2n) is 2.81. The molecule has 10 heteroatoms. The molecule has 100 valence electrons. The van der Waals surface area contributed by atoms with Crippen molar-refractivity contribution in [3.8, 4) is 11.5 Å². The Bertz CT molecular complexity index is 448. The molecule has 0 aliphatic rings. The fraction of sp³-hybridized carbons (Fsp3) is 0.250. The van der Waals surface area contributed by atoms with Gasteiger partial charge in [0.15, 0.2) is 11.5 Å². The molecule has 0 bridgehead atoms. The molecule has 5 nitrogen and oxygen atoms in total. The molecule has 0 spiro atoms. The molecule has 0 N–H and O–H groups in total. The highest BCUT2D eigenvalue weighted by Crippen LogP contribution is 2.35. The van der Waals surface area contributed by atoms with E-state index in [1.807, 2.05) is 0 Å². The van der Waals surface area contributed by atoms with Crippen LogP contribution in [0.15, 0.2) is 18.2 Å². The van der Waals surface area contributed by atoms with Crippen LogP contribution < -0.4 is 9.47 Å². The van der Waals surface area contributed by atoms with Gasteiger partial charge in [-0.15, -0.1) is 13.2 Å². The molecule has 0 aromatic heterocycles. The summed E-state index contributed by atoms with van der Waals surface area (Å²) < 4.78 is 66.7. The molecular formula is C8H4F5NO4. The molecule has 0 heterocycles. The molecule has 0 saturated carbocycles. The Morgan fingerprint density at radius 2 is 1.83 bits per heavy atom. The number of non-ortho nitro benzene ring substituents is 1. The van der Waals surface area contributed by atoms with Gasteiger partial charge in [-0.25, -0.2) is 0 Å². The summed E-state index contributed by atoms with van der Waals surface area (Å²) >= 11 is 0. The third kappa shape index (κ3) is 4.03. The number of alkyl halides is 5. The van der Waals surface area contributed by atoms with Crippen molar-refractivity contribution in [2.24, 2.45) is 0 Å². The largest absolute Gasteiger partial charge is 0.573 e. The molecule has 1 aromatic rings. The molecule has 0 radical (unpaired) electrons. The van der Waals surface area contributed by atoms with Crippen molar-refractivity contribution in [3.05, 3.63) is 28.3 Å². The van der Waals surface area contributed by atoms with Crippen molar-refractivity contribution >= 4 is 5.69 Å². The minimum Gasteiger partial charge on any atom is -0.431 e. The van der Waals surface area contributed by atoms with Gasteiger partial charge >= 0.3 is 13.0 Å². The van der Waals surface area contributed by atoms with Crippen LogP contribution in [0.3, 0.4) is 0 Å². The van der Waals surface area contributed by atoms with Crippen molar-refractivity contribution in [1.29, 1.82) is 0 Å². The summed E-state index contributed by atoms with van der Waals surface area (Å²) in [6, 6.07) is 1.59. The molecule has 1 aromatic carbocycles. The lowest BCUT2D eigenvalue weighted by atomic mass is 10.3. The molecule has 0 aliphatic heterocycles. The van der Waals surface area contributed by atoms with E-state index in [1.54, 1.807) is 0 Å². The fourth-order valence-electron chi connectivity index (χ4n) is 1.01. The topological polar surface area (TPSA) is 61.6 Å². The maximum atomic E-state index is 11.9. The lowest BCUT2D eigenvalue weighted by molar-refractivity contribution is -0.385. The lowest BCUT2D eigenvalue weighted by Gasteiger charge is -2.13. The minimum absolute atomic E-state index is 0.410. The Morgan fingerprint density at radius 3 is 2.28 bits per heavy atom. The summed E-state index contributed by atoms with van der Waals surface area (Å²) in [5.41, 5.74) is -0.708. The number of hydrogen-bond acceptors (Lipinski definition) is 4. The van der Waals surface area contributed by atoms with E-state index < -0.39 is 35.1 Å². The van der Waals surface area contributed by atoms with Crippen LogP contribution in [0, 0.1) is 10.1 Å². The van der Waals surface area contributed by atoms with Gasteiger partial charge in [0.05, 0.1) is 11.0 Å². The first-order valence-corrected chi connectivity index (χ1v) is 4.18. The monoisotopic (exact) mass is 273 g/mol. The molecular weight excluding hydrogens is 269 g/mol. The van der Waals surface area contributed by atoms with Crippen LogP contribution in [-0.2, 0) is 0 Å². The van der Waals surface area contributed by atoms with E-state index in [4.69, 9.17) is 0 Å². The molecule has 0 amide bonds. The van der Waals surface area contributed by atoms with E-state index in [1.165, 1.54) is 0 Å². The van der Waals surface area contributed by atoms with Gasteiger partial charge in [0.25, 0.3) is 5.69 Å². The first kappa shape index (κ1) is 13.9. The van der Waals surface area contributed by atoms with Gasteiger partial charge in [-0.05, 0) is 6.07 Å². The van der Waals surface area contributed by atoms with Gasteiger partial charge in [0, 0.05) is 6.07 Å². The summed E-state index contributed by atoms with van der Waals surface area (Å²) in [5.74, 6) is -2.16. The lowest BCUT2D eigenvalue weighted by Crippen LogP contribution is -2.18. The highest BCUT2D eigenvalue weighted by atomic mass is 19.4. The van der Waals surface area contributed by atoms with E-state index in [0.717, 1.165) is 0 Å². The second-order valence-corrected chi connectivity index (χ2v) is 2.81. The Morgan fingerprint density at radius 1 is 1.22 bits per heavy atom. The Labute approximate surface area is 95.9 Å². The summed E-state index contributed by atoms with van der Waals surface area (Å²) in [6.45, 7) is -3.44. The highest BCUT2D eigenvalue weighted by Gasteiger charge is 2.33. The maximum absolute atomic E-state index is 11.9. The van der Waals surface area contributed by atoms with Gasteiger partial charge in [0.2, 0.25) is 0 Å². The molecule has 18 heavy (non-hydrogen) atoms. The number of nitro groups is 1. The average molecular weight is 273 g/mol. The van der Waals surface area contributed by atoms with Crippen LogP contribution in [0.25, 0.3) is 0 Å². The standard InChI is InChI=1S/C8H4F5NO4/c9-7(10)17-6-3-4(14(15)16)1-2-5(6)18-8(11,12)13/h1-3,7H. The molecule has 0 saturated heterocycles. The Balaban J connectivity index is 3.12. The van der Waals surface area contributed by atoms with Crippen LogP contribution in [0.4, 0.5) is 27.6 Å². The number of nitro benzene ring substituents is 1. The van der Waals surface area contributed by atoms with Crippen molar-refractivity contribution < 1.29 is 36.3 Å². The minimum atomic E-state index is -5.13.